The number of pyridine rings is 1. The smallest absolute Gasteiger partial charge is 0.296 e. The van der Waals surface area contributed by atoms with Gasteiger partial charge in [-0.15, -0.1) is 0 Å². The summed E-state index contributed by atoms with van der Waals surface area (Å²) < 4.78 is 5.74. The number of carbonyl (C=O) groups is 2. The molecule has 1 amide bonds. The minimum Gasteiger partial charge on any atom is -0.507 e. The molecule has 6 heteroatoms. The van der Waals surface area contributed by atoms with E-state index in [1.54, 1.807) is 61.8 Å². The minimum atomic E-state index is -0.811. The third-order valence-corrected chi connectivity index (χ3v) is 4.69. The second kappa shape index (κ2) is 7.15. The SMILES string of the molecule is Cc1ccc(C2/C(=C(/O)c3ccccc3)C(=O)C(=O)N2Cc2cccnc2)o1. The minimum absolute atomic E-state index is 0.0226. The van der Waals surface area contributed by atoms with Crippen LogP contribution >= 0.6 is 0 Å². The van der Waals surface area contributed by atoms with Gasteiger partial charge < -0.3 is 14.4 Å². The summed E-state index contributed by atoms with van der Waals surface area (Å²) >= 11 is 0. The number of rotatable bonds is 4. The van der Waals surface area contributed by atoms with E-state index >= 15 is 0 Å². The lowest BCUT2D eigenvalue weighted by Gasteiger charge is -2.23. The molecule has 28 heavy (non-hydrogen) atoms. The second-order valence-electron chi connectivity index (χ2n) is 6.60. The Morgan fingerprint density at radius 3 is 2.54 bits per heavy atom. The van der Waals surface area contributed by atoms with Gasteiger partial charge in [-0.1, -0.05) is 36.4 Å². The van der Waals surface area contributed by atoms with Crippen LogP contribution in [0.4, 0.5) is 0 Å². The Bertz CT molecular complexity index is 1050. The first kappa shape index (κ1) is 17.7. The van der Waals surface area contributed by atoms with Crippen molar-refractivity contribution in [2.45, 2.75) is 19.5 Å². The summed E-state index contributed by atoms with van der Waals surface area (Å²) in [5.74, 6) is -0.545. The Kier molecular flexibility index (Phi) is 4.53. The van der Waals surface area contributed by atoms with E-state index in [-0.39, 0.29) is 17.9 Å². The molecule has 3 heterocycles. The molecule has 1 unspecified atom stereocenters. The van der Waals surface area contributed by atoms with Crippen LogP contribution < -0.4 is 0 Å². The Morgan fingerprint density at radius 2 is 1.89 bits per heavy atom. The third-order valence-electron chi connectivity index (χ3n) is 4.69. The van der Waals surface area contributed by atoms with Crippen LogP contribution in [0.2, 0.25) is 0 Å². The summed E-state index contributed by atoms with van der Waals surface area (Å²) in [6.07, 6.45) is 3.28. The lowest BCUT2D eigenvalue weighted by atomic mass is 9.99. The molecular weight excluding hydrogens is 356 g/mol. The van der Waals surface area contributed by atoms with Crippen LogP contribution in [0.5, 0.6) is 0 Å². The number of hydrogen-bond donors (Lipinski definition) is 1. The van der Waals surface area contributed by atoms with E-state index in [1.165, 1.54) is 4.90 Å². The van der Waals surface area contributed by atoms with Gasteiger partial charge in [0.05, 0.1) is 5.57 Å². The number of aliphatic hydroxyl groups excluding tert-OH is 1. The average molecular weight is 374 g/mol. The number of benzene rings is 1. The molecule has 3 aromatic rings. The van der Waals surface area contributed by atoms with Crippen LogP contribution in [0.3, 0.4) is 0 Å². The summed E-state index contributed by atoms with van der Waals surface area (Å²) in [4.78, 5) is 31.1. The van der Waals surface area contributed by atoms with Crippen LogP contribution in [-0.2, 0) is 16.1 Å². The van der Waals surface area contributed by atoms with Crippen molar-refractivity contribution in [2.24, 2.45) is 0 Å². The Morgan fingerprint density at radius 1 is 1.11 bits per heavy atom. The van der Waals surface area contributed by atoms with E-state index < -0.39 is 17.7 Å². The normalized spacial score (nSPS) is 18.6. The Hall–Kier alpha value is -3.67. The first-order valence-corrected chi connectivity index (χ1v) is 8.85. The largest absolute Gasteiger partial charge is 0.507 e. The summed E-state index contributed by atoms with van der Waals surface area (Å²) in [5, 5.41) is 10.9. The van der Waals surface area contributed by atoms with Crippen molar-refractivity contribution in [2.75, 3.05) is 0 Å². The highest BCUT2D eigenvalue weighted by Crippen LogP contribution is 2.40. The number of hydrogen-bond acceptors (Lipinski definition) is 5. The zero-order chi connectivity index (χ0) is 19.7. The van der Waals surface area contributed by atoms with E-state index in [0.29, 0.717) is 17.1 Å². The van der Waals surface area contributed by atoms with Crippen molar-refractivity contribution in [3.63, 3.8) is 0 Å². The molecule has 0 radical (unpaired) electrons. The monoisotopic (exact) mass is 374 g/mol. The predicted octanol–water partition coefficient (Wildman–Crippen LogP) is 3.60. The number of amides is 1. The molecule has 1 fully saturated rings. The lowest BCUT2D eigenvalue weighted by Crippen LogP contribution is -2.29. The van der Waals surface area contributed by atoms with Crippen LogP contribution in [-0.4, -0.2) is 26.7 Å². The third kappa shape index (κ3) is 3.09. The number of nitrogens with zero attached hydrogens (tertiary/aromatic N) is 2. The van der Waals surface area contributed by atoms with Crippen LogP contribution in [0.25, 0.3) is 5.76 Å². The molecule has 1 atom stereocenters. The van der Waals surface area contributed by atoms with E-state index in [0.717, 1.165) is 5.56 Å². The van der Waals surface area contributed by atoms with Gasteiger partial charge in [-0.3, -0.25) is 14.6 Å². The quantitative estimate of drug-likeness (QED) is 0.428. The molecule has 0 aliphatic carbocycles. The molecule has 1 aromatic carbocycles. The maximum absolute atomic E-state index is 12.8. The van der Waals surface area contributed by atoms with Crippen molar-refractivity contribution in [1.82, 2.24) is 9.88 Å². The van der Waals surface area contributed by atoms with Crippen LogP contribution in [0.15, 0.2) is 77.0 Å². The van der Waals surface area contributed by atoms with Crippen LogP contribution in [0, 0.1) is 6.92 Å². The van der Waals surface area contributed by atoms with Crippen molar-refractivity contribution in [3.8, 4) is 0 Å². The van der Waals surface area contributed by atoms with Crippen molar-refractivity contribution < 1.29 is 19.1 Å². The first-order chi connectivity index (χ1) is 13.6. The maximum atomic E-state index is 12.8. The summed E-state index contributed by atoms with van der Waals surface area (Å²) in [7, 11) is 0. The number of carbonyl (C=O) groups excluding carboxylic acids is 2. The summed E-state index contributed by atoms with van der Waals surface area (Å²) in [5.41, 5.74) is 1.27. The molecule has 2 aromatic heterocycles. The van der Waals surface area contributed by atoms with E-state index in [1.807, 2.05) is 12.1 Å². The molecule has 0 bridgehead atoms. The van der Waals surface area contributed by atoms with Crippen molar-refractivity contribution >= 4 is 17.4 Å². The lowest BCUT2D eigenvalue weighted by molar-refractivity contribution is -0.140. The number of ketones is 1. The van der Waals surface area contributed by atoms with E-state index in [2.05, 4.69) is 4.98 Å². The van der Waals surface area contributed by atoms with Gasteiger partial charge in [0.1, 0.15) is 23.3 Å². The standard InChI is InChI=1S/C22H18N2O4/c1-14-9-10-17(28-14)19-18(20(25)16-7-3-2-4-8-16)21(26)22(27)24(19)13-15-6-5-11-23-12-15/h2-12,19,25H,13H2,1H3/b20-18-. The van der Waals surface area contributed by atoms with Gasteiger partial charge in [-0.25, -0.2) is 0 Å². The van der Waals surface area contributed by atoms with Gasteiger partial charge in [-0.2, -0.15) is 0 Å². The number of likely N-dealkylation sites (tertiary alicyclic amines) is 1. The average Bonchev–Trinajstić information content (AvgIpc) is 3.25. The molecule has 6 nitrogen and oxygen atoms in total. The molecule has 0 saturated carbocycles. The number of aromatic nitrogens is 1. The fourth-order valence-corrected chi connectivity index (χ4v) is 3.38. The summed E-state index contributed by atoms with van der Waals surface area (Å²) in [6, 6.07) is 15.0. The van der Waals surface area contributed by atoms with Gasteiger partial charge in [0.2, 0.25) is 0 Å². The number of furan rings is 1. The highest BCUT2D eigenvalue weighted by atomic mass is 16.3. The molecular formula is C22H18N2O4. The first-order valence-electron chi connectivity index (χ1n) is 8.85. The van der Waals surface area contributed by atoms with Gasteiger partial charge in [0.15, 0.2) is 0 Å². The fourth-order valence-electron chi connectivity index (χ4n) is 3.38. The van der Waals surface area contributed by atoms with E-state index in [4.69, 9.17) is 4.42 Å². The van der Waals surface area contributed by atoms with Gasteiger partial charge in [0.25, 0.3) is 11.7 Å². The number of aliphatic hydroxyl groups is 1. The van der Waals surface area contributed by atoms with Gasteiger partial charge in [-0.05, 0) is 30.7 Å². The summed E-state index contributed by atoms with van der Waals surface area (Å²) in [6.45, 7) is 1.96. The van der Waals surface area contributed by atoms with E-state index in [9.17, 15) is 14.7 Å². The second-order valence-corrected chi connectivity index (χ2v) is 6.60. The highest BCUT2D eigenvalue weighted by molar-refractivity contribution is 6.46. The van der Waals surface area contributed by atoms with Gasteiger partial charge >= 0.3 is 0 Å². The molecule has 0 spiro atoms. The highest BCUT2D eigenvalue weighted by Gasteiger charge is 2.47. The molecule has 1 aliphatic rings. The number of aryl methyl sites for hydroxylation is 1. The molecule has 4 rings (SSSR count). The Balaban J connectivity index is 1.85. The van der Waals surface area contributed by atoms with Gasteiger partial charge in [0, 0.05) is 24.5 Å². The van der Waals surface area contributed by atoms with Crippen molar-refractivity contribution in [3.05, 3.63) is 95.2 Å². The molecule has 1 aliphatic heterocycles. The van der Waals surface area contributed by atoms with Crippen molar-refractivity contribution in [1.29, 1.82) is 0 Å². The predicted molar refractivity (Wildman–Crippen MR) is 102 cm³/mol. The maximum Gasteiger partial charge on any atom is 0.296 e. The molecule has 140 valence electrons. The zero-order valence-electron chi connectivity index (χ0n) is 15.2. The molecule has 1 saturated heterocycles. The zero-order valence-corrected chi connectivity index (χ0v) is 15.2. The fraction of sp³-hybridized carbons (Fsp3) is 0.136. The Labute approximate surface area is 161 Å². The molecule has 1 N–H and O–H groups in total. The van der Waals surface area contributed by atoms with Crippen LogP contribution in [0.1, 0.15) is 28.7 Å². The number of Topliss-reactive ketones (excluding diaryl/α,β-unsaturated/α-hetero) is 1. The topological polar surface area (TPSA) is 83.6 Å².